The molecule has 0 bridgehead atoms. The number of nitrogens with one attached hydrogen (secondary N) is 1. The van der Waals surface area contributed by atoms with Gasteiger partial charge in [-0.15, -0.1) is 12.4 Å². The Morgan fingerprint density at radius 2 is 1.88 bits per heavy atom. The first-order valence-corrected chi connectivity index (χ1v) is 4.34. The van der Waals surface area contributed by atoms with Crippen molar-refractivity contribution in [3.8, 4) is 0 Å². The molecule has 1 aromatic carbocycles. The SMILES string of the molecule is COC(=O)CNC(=O)c1ccc(N)cc1.Cl. The highest BCUT2D eigenvalue weighted by molar-refractivity contribution is 5.96. The van der Waals surface area contributed by atoms with Gasteiger partial charge in [0.1, 0.15) is 6.54 Å². The molecule has 0 spiro atoms. The lowest BCUT2D eigenvalue weighted by atomic mass is 10.2. The van der Waals surface area contributed by atoms with Crippen LogP contribution in [0, 0.1) is 0 Å². The minimum atomic E-state index is -0.487. The van der Waals surface area contributed by atoms with Gasteiger partial charge in [-0.25, -0.2) is 0 Å². The Balaban J connectivity index is 0.00000225. The molecule has 3 N–H and O–H groups in total. The van der Waals surface area contributed by atoms with Crippen LogP contribution in [0.3, 0.4) is 0 Å². The summed E-state index contributed by atoms with van der Waals surface area (Å²) in [6.07, 6.45) is 0. The van der Waals surface area contributed by atoms with Crippen molar-refractivity contribution in [2.75, 3.05) is 19.4 Å². The molecule has 0 aliphatic heterocycles. The van der Waals surface area contributed by atoms with Gasteiger partial charge in [0.15, 0.2) is 0 Å². The van der Waals surface area contributed by atoms with Gasteiger partial charge >= 0.3 is 5.97 Å². The molecule has 1 aromatic rings. The standard InChI is InChI=1S/C10H12N2O3.ClH/c1-15-9(13)6-12-10(14)7-2-4-8(11)5-3-7;/h2-5H,6,11H2,1H3,(H,12,14);1H. The van der Waals surface area contributed by atoms with E-state index in [0.29, 0.717) is 11.3 Å². The van der Waals surface area contributed by atoms with Gasteiger partial charge in [-0.05, 0) is 24.3 Å². The number of hydrogen-bond acceptors (Lipinski definition) is 4. The molecule has 0 unspecified atom stereocenters. The largest absolute Gasteiger partial charge is 0.468 e. The summed E-state index contributed by atoms with van der Waals surface area (Å²) in [6, 6.07) is 6.41. The average molecular weight is 245 g/mol. The highest BCUT2D eigenvalue weighted by Gasteiger charge is 2.06. The predicted molar refractivity (Wildman–Crippen MR) is 62.5 cm³/mol. The average Bonchev–Trinajstić information content (AvgIpc) is 2.26. The molecular weight excluding hydrogens is 232 g/mol. The third kappa shape index (κ3) is 4.18. The first kappa shape index (κ1) is 14.2. The van der Waals surface area contributed by atoms with Crippen molar-refractivity contribution in [2.45, 2.75) is 0 Å². The smallest absolute Gasteiger partial charge is 0.325 e. The summed E-state index contributed by atoms with van der Waals surface area (Å²) in [5, 5.41) is 2.41. The number of anilines is 1. The van der Waals surface area contributed by atoms with E-state index in [9.17, 15) is 9.59 Å². The number of esters is 1. The maximum absolute atomic E-state index is 11.4. The summed E-state index contributed by atoms with van der Waals surface area (Å²) >= 11 is 0. The molecule has 0 saturated carbocycles. The second kappa shape index (κ2) is 6.68. The number of nitrogens with two attached hydrogens (primary N) is 1. The first-order chi connectivity index (χ1) is 7.13. The van der Waals surface area contributed by atoms with E-state index < -0.39 is 5.97 Å². The zero-order valence-corrected chi connectivity index (χ0v) is 9.54. The van der Waals surface area contributed by atoms with Crippen LogP contribution >= 0.6 is 12.4 Å². The Labute approximate surface area is 99.4 Å². The molecule has 0 aliphatic rings. The molecule has 0 saturated heterocycles. The Hall–Kier alpha value is -1.75. The molecular formula is C10H13ClN2O3. The fourth-order valence-corrected chi connectivity index (χ4v) is 0.961. The lowest BCUT2D eigenvalue weighted by Crippen LogP contribution is -2.30. The van der Waals surface area contributed by atoms with E-state index in [4.69, 9.17) is 5.73 Å². The minimum absolute atomic E-state index is 0. The highest BCUT2D eigenvalue weighted by Crippen LogP contribution is 2.04. The van der Waals surface area contributed by atoms with Crippen molar-refractivity contribution < 1.29 is 14.3 Å². The van der Waals surface area contributed by atoms with Gasteiger partial charge in [-0.1, -0.05) is 0 Å². The summed E-state index contributed by atoms with van der Waals surface area (Å²) in [5.74, 6) is -0.820. The van der Waals surface area contributed by atoms with E-state index in [1.165, 1.54) is 7.11 Å². The number of carbonyl (C=O) groups is 2. The van der Waals surface area contributed by atoms with E-state index in [-0.39, 0.29) is 24.9 Å². The lowest BCUT2D eigenvalue weighted by molar-refractivity contribution is -0.139. The van der Waals surface area contributed by atoms with Gasteiger partial charge in [0.2, 0.25) is 0 Å². The quantitative estimate of drug-likeness (QED) is 0.602. The number of benzene rings is 1. The van der Waals surface area contributed by atoms with Gasteiger partial charge in [0.05, 0.1) is 7.11 Å². The van der Waals surface area contributed by atoms with Gasteiger partial charge in [-0.2, -0.15) is 0 Å². The van der Waals surface area contributed by atoms with Gasteiger partial charge in [-0.3, -0.25) is 9.59 Å². The highest BCUT2D eigenvalue weighted by atomic mass is 35.5. The zero-order valence-electron chi connectivity index (χ0n) is 8.73. The summed E-state index contributed by atoms with van der Waals surface area (Å²) in [5.41, 5.74) is 6.50. The van der Waals surface area contributed by atoms with Crippen LogP contribution in [0.15, 0.2) is 24.3 Å². The van der Waals surface area contributed by atoms with Crippen LogP contribution in [0.5, 0.6) is 0 Å². The van der Waals surface area contributed by atoms with Crippen molar-refractivity contribution in [2.24, 2.45) is 0 Å². The molecule has 0 heterocycles. The van der Waals surface area contributed by atoms with Crippen LogP contribution in [-0.2, 0) is 9.53 Å². The molecule has 0 atom stereocenters. The number of amides is 1. The van der Waals surface area contributed by atoms with Crippen LogP contribution in [0.2, 0.25) is 0 Å². The molecule has 0 radical (unpaired) electrons. The van der Waals surface area contributed by atoms with Crippen LogP contribution in [0.4, 0.5) is 5.69 Å². The van der Waals surface area contributed by atoms with Crippen LogP contribution in [0.1, 0.15) is 10.4 Å². The normalized spacial score (nSPS) is 8.81. The van der Waals surface area contributed by atoms with Crippen LogP contribution < -0.4 is 11.1 Å². The lowest BCUT2D eigenvalue weighted by Gasteiger charge is -2.03. The molecule has 0 aliphatic carbocycles. The van der Waals surface area contributed by atoms with Crippen molar-refractivity contribution >= 4 is 30.0 Å². The Kier molecular flexibility index (Phi) is 5.95. The number of nitrogen functional groups attached to an aromatic ring is 1. The van der Waals surface area contributed by atoms with Crippen LogP contribution in [0.25, 0.3) is 0 Å². The third-order valence-corrected chi connectivity index (χ3v) is 1.79. The van der Waals surface area contributed by atoms with E-state index >= 15 is 0 Å². The van der Waals surface area contributed by atoms with Gasteiger partial charge in [0, 0.05) is 11.3 Å². The summed E-state index contributed by atoms with van der Waals surface area (Å²) in [4.78, 5) is 22.2. The molecule has 1 rings (SSSR count). The minimum Gasteiger partial charge on any atom is -0.468 e. The summed E-state index contributed by atoms with van der Waals surface area (Å²) in [7, 11) is 1.26. The molecule has 5 nitrogen and oxygen atoms in total. The molecule has 1 amide bonds. The maximum Gasteiger partial charge on any atom is 0.325 e. The molecule has 0 aromatic heterocycles. The third-order valence-electron chi connectivity index (χ3n) is 1.79. The summed E-state index contributed by atoms with van der Waals surface area (Å²) in [6.45, 7) is -0.139. The zero-order chi connectivity index (χ0) is 11.3. The number of ether oxygens (including phenoxy) is 1. The maximum atomic E-state index is 11.4. The Bertz CT molecular complexity index is 365. The molecule has 6 heteroatoms. The molecule has 16 heavy (non-hydrogen) atoms. The first-order valence-electron chi connectivity index (χ1n) is 4.34. The van der Waals surface area contributed by atoms with Crippen molar-refractivity contribution in [3.63, 3.8) is 0 Å². The Morgan fingerprint density at radius 1 is 1.31 bits per heavy atom. The number of carbonyl (C=O) groups excluding carboxylic acids is 2. The van der Waals surface area contributed by atoms with Crippen molar-refractivity contribution in [1.82, 2.24) is 5.32 Å². The molecule has 0 fully saturated rings. The number of hydrogen-bond donors (Lipinski definition) is 2. The topological polar surface area (TPSA) is 81.4 Å². The number of methoxy groups -OCH3 is 1. The van der Waals surface area contributed by atoms with E-state index in [1.807, 2.05) is 0 Å². The van der Waals surface area contributed by atoms with Crippen LogP contribution in [-0.4, -0.2) is 25.5 Å². The van der Waals surface area contributed by atoms with Crippen molar-refractivity contribution in [3.05, 3.63) is 29.8 Å². The van der Waals surface area contributed by atoms with Gasteiger partial charge in [0.25, 0.3) is 5.91 Å². The fourth-order valence-electron chi connectivity index (χ4n) is 0.961. The molecule has 88 valence electrons. The monoisotopic (exact) mass is 244 g/mol. The van der Waals surface area contributed by atoms with Gasteiger partial charge < -0.3 is 15.8 Å². The van der Waals surface area contributed by atoms with E-state index in [1.54, 1.807) is 24.3 Å². The Morgan fingerprint density at radius 3 is 2.38 bits per heavy atom. The van der Waals surface area contributed by atoms with Crippen molar-refractivity contribution in [1.29, 1.82) is 0 Å². The number of halogens is 1. The second-order valence-corrected chi connectivity index (χ2v) is 2.88. The predicted octanol–water partition coefficient (Wildman–Crippen LogP) is 0.593. The summed E-state index contributed by atoms with van der Waals surface area (Å²) < 4.78 is 4.38. The number of rotatable bonds is 3. The van der Waals surface area contributed by atoms with E-state index in [2.05, 4.69) is 10.1 Å². The second-order valence-electron chi connectivity index (χ2n) is 2.88. The fraction of sp³-hybridized carbons (Fsp3) is 0.200. The van der Waals surface area contributed by atoms with E-state index in [0.717, 1.165) is 0 Å².